The molecule has 0 saturated heterocycles. The first-order valence-corrected chi connectivity index (χ1v) is 8.12. The number of carbonyl (C=O) groups excluding carboxylic acids is 1. The Morgan fingerprint density at radius 3 is 2.43 bits per heavy atom. The zero-order valence-corrected chi connectivity index (χ0v) is 12.3. The average Bonchev–Trinajstić information content (AvgIpc) is 2.46. The molecule has 0 heterocycles. The van der Waals surface area contributed by atoms with Crippen molar-refractivity contribution in [3.63, 3.8) is 0 Å². The maximum Gasteiger partial charge on any atom is 0.243 e. The van der Waals surface area contributed by atoms with Gasteiger partial charge in [-0.2, -0.15) is 0 Å². The summed E-state index contributed by atoms with van der Waals surface area (Å²) in [5, 5.41) is 8.92. The summed E-state index contributed by atoms with van der Waals surface area (Å²) < 4.78 is 0. The molecule has 4 aliphatic rings. The van der Waals surface area contributed by atoms with Gasteiger partial charge in [0.1, 0.15) is 0 Å². The third-order valence-corrected chi connectivity index (χ3v) is 6.23. The number of hydroxylamine groups is 1. The first-order valence-electron chi connectivity index (χ1n) is 8.12. The van der Waals surface area contributed by atoms with Crippen LogP contribution in [0, 0.1) is 17.3 Å². The van der Waals surface area contributed by atoms with Gasteiger partial charge in [0.05, 0.1) is 0 Å². The van der Waals surface area contributed by atoms with Crippen molar-refractivity contribution in [3.05, 3.63) is 35.9 Å². The first kappa shape index (κ1) is 13.3. The Bertz CT molecular complexity index is 540. The molecular weight excluding hydrogens is 262 g/mol. The van der Waals surface area contributed by atoms with Crippen LogP contribution in [-0.4, -0.2) is 11.1 Å². The summed E-state index contributed by atoms with van der Waals surface area (Å²) >= 11 is 0. The summed E-state index contributed by atoms with van der Waals surface area (Å²) in [4.78, 5) is 11.8. The van der Waals surface area contributed by atoms with E-state index < -0.39 is 0 Å². The quantitative estimate of drug-likeness (QED) is 0.660. The second kappa shape index (κ2) is 4.57. The van der Waals surface area contributed by atoms with E-state index in [4.69, 9.17) is 5.21 Å². The molecule has 2 N–H and O–H groups in total. The molecule has 0 radical (unpaired) electrons. The van der Waals surface area contributed by atoms with Gasteiger partial charge in [0.15, 0.2) is 0 Å². The molecule has 4 fully saturated rings. The van der Waals surface area contributed by atoms with Crippen molar-refractivity contribution in [3.8, 4) is 0 Å². The second-order valence-corrected chi connectivity index (χ2v) is 7.82. The van der Waals surface area contributed by atoms with Gasteiger partial charge < -0.3 is 0 Å². The van der Waals surface area contributed by atoms with Crippen molar-refractivity contribution in [1.82, 2.24) is 5.48 Å². The molecular formula is C18H23NO2. The highest BCUT2D eigenvalue weighted by molar-refractivity contribution is 5.75. The van der Waals surface area contributed by atoms with Crippen LogP contribution in [0.4, 0.5) is 0 Å². The highest BCUT2D eigenvalue weighted by atomic mass is 16.5. The highest BCUT2D eigenvalue weighted by Gasteiger charge is 2.58. The largest absolute Gasteiger partial charge is 0.289 e. The molecule has 1 aromatic rings. The van der Waals surface area contributed by atoms with Crippen molar-refractivity contribution in [2.75, 3.05) is 0 Å². The van der Waals surface area contributed by atoms with Gasteiger partial charge in [0.25, 0.3) is 0 Å². The lowest BCUT2D eigenvalue weighted by Crippen LogP contribution is -2.55. The van der Waals surface area contributed by atoms with Crippen LogP contribution in [0.3, 0.4) is 0 Å². The molecule has 2 atom stereocenters. The molecule has 21 heavy (non-hydrogen) atoms. The maximum absolute atomic E-state index is 11.8. The molecule has 4 bridgehead atoms. The van der Waals surface area contributed by atoms with Crippen LogP contribution in [0.5, 0.6) is 0 Å². The zero-order chi connectivity index (χ0) is 14.5. The summed E-state index contributed by atoms with van der Waals surface area (Å²) in [5.41, 5.74) is 3.72. The number of carbonyl (C=O) groups is 1. The lowest BCUT2D eigenvalue weighted by Gasteiger charge is -2.62. The van der Waals surface area contributed by atoms with Gasteiger partial charge in [-0.3, -0.25) is 10.0 Å². The SMILES string of the molecule is O=C(CC12CC3CC(C1)CC(c1ccccc1)(C3)C2)NO. The predicted molar refractivity (Wildman–Crippen MR) is 79.8 cm³/mol. The smallest absolute Gasteiger partial charge is 0.243 e. The minimum absolute atomic E-state index is 0.118. The molecule has 0 aromatic heterocycles. The van der Waals surface area contributed by atoms with Crippen LogP contribution in [0.15, 0.2) is 30.3 Å². The molecule has 0 aliphatic heterocycles. The van der Waals surface area contributed by atoms with Crippen LogP contribution in [0.1, 0.15) is 50.5 Å². The van der Waals surface area contributed by atoms with Crippen LogP contribution < -0.4 is 5.48 Å². The highest BCUT2D eigenvalue weighted by Crippen LogP contribution is 2.66. The van der Waals surface area contributed by atoms with Crippen molar-refractivity contribution >= 4 is 5.91 Å². The maximum atomic E-state index is 11.8. The minimum Gasteiger partial charge on any atom is -0.289 e. The fourth-order valence-corrected chi connectivity index (χ4v) is 6.17. The van der Waals surface area contributed by atoms with E-state index in [-0.39, 0.29) is 16.7 Å². The van der Waals surface area contributed by atoms with Gasteiger partial charge in [-0.1, -0.05) is 30.3 Å². The summed E-state index contributed by atoms with van der Waals surface area (Å²) in [6.07, 6.45) is 7.87. The van der Waals surface area contributed by atoms with Crippen molar-refractivity contribution in [2.24, 2.45) is 17.3 Å². The number of hydrogen-bond acceptors (Lipinski definition) is 2. The average molecular weight is 285 g/mol. The van der Waals surface area contributed by atoms with E-state index >= 15 is 0 Å². The number of nitrogens with one attached hydrogen (secondary N) is 1. The fourth-order valence-electron chi connectivity index (χ4n) is 6.17. The van der Waals surface area contributed by atoms with E-state index in [2.05, 4.69) is 30.3 Å². The van der Waals surface area contributed by atoms with Crippen molar-refractivity contribution < 1.29 is 10.0 Å². The van der Waals surface area contributed by atoms with E-state index in [0.29, 0.717) is 6.42 Å². The standard InChI is InChI=1S/C18H23NO2/c20-16(19-21)11-17-7-13-6-14(8-17)10-18(9-13,12-17)15-4-2-1-3-5-15/h1-5,13-14,21H,6-12H2,(H,19,20). The number of rotatable bonds is 3. The van der Waals surface area contributed by atoms with Crippen LogP contribution in [0.25, 0.3) is 0 Å². The van der Waals surface area contributed by atoms with E-state index in [9.17, 15) is 4.79 Å². The van der Waals surface area contributed by atoms with Gasteiger partial charge in [-0.05, 0) is 66.8 Å². The topological polar surface area (TPSA) is 49.3 Å². The summed E-state index contributed by atoms with van der Waals surface area (Å²) in [5.74, 6) is 1.32. The van der Waals surface area contributed by atoms with Gasteiger partial charge in [-0.15, -0.1) is 0 Å². The van der Waals surface area contributed by atoms with Crippen LogP contribution in [-0.2, 0) is 10.2 Å². The van der Waals surface area contributed by atoms with E-state index in [1.54, 1.807) is 0 Å². The summed E-state index contributed by atoms with van der Waals surface area (Å²) in [6.45, 7) is 0. The Labute approximate surface area is 125 Å². The molecule has 0 spiro atoms. The van der Waals surface area contributed by atoms with Gasteiger partial charge in [-0.25, -0.2) is 5.48 Å². The fraction of sp³-hybridized carbons (Fsp3) is 0.611. The normalized spacial score (nSPS) is 40.2. The summed E-state index contributed by atoms with van der Waals surface area (Å²) in [7, 11) is 0. The molecule has 3 nitrogen and oxygen atoms in total. The molecule has 1 aromatic carbocycles. The Hall–Kier alpha value is -1.35. The van der Waals surface area contributed by atoms with Gasteiger partial charge >= 0.3 is 0 Å². The van der Waals surface area contributed by atoms with Gasteiger partial charge in [0, 0.05) is 6.42 Å². The van der Waals surface area contributed by atoms with Crippen molar-refractivity contribution in [2.45, 2.75) is 50.4 Å². The zero-order valence-electron chi connectivity index (χ0n) is 12.3. The van der Waals surface area contributed by atoms with E-state index in [1.807, 2.05) is 5.48 Å². The minimum atomic E-state index is -0.208. The van der Waals surface area contributed by atoms with Crippen molar-refractivity contribution in [1.29, 1.82) is 0 Å². The number of amides is 1. The molecule has 1 amide bonds. The van der Waals surface area contributed by atoms with Gasteiger partial charge in [0.2, 0.25) is 5.91 Å². The Balaban J connectivity index is 1.70. The lowest BCUT2D eigenvalue weighted by atomic mass is 9.42. The monoisotopic (exact) mass is 285 g/mol. The molecule has 4 aliphatic carbocycles. The van der Waals surface area contributed by atoms with E-state index in [0.717, 1.165) is 18.3 Å². The second-order valence-electron chi connectivity index (χ2n) is 7.82. The molecule has 2 unspecified atom stereocenters. The lowest BCUT2D eigenvalue weighted by molar-refractivity contribution is -0.139. The molecule has 112 valence electrons. The number of benzene rings is 1. The molecule has 5 rings (SSSR count). The Kier molecular flexibility index (Phi) is 2.90. The molecule has 4 saturated carbocycles. The van der Waals surface area contributed by atoms with E-state index in [1.165, 1.54) is 37.7 Å². The van der Waals surface area contributed by atoms with Crippen LogP contribution in [0.2, 0.25) is 0 Å². The third kappa shape index (κ3) is 2.10. The first-order chi connectivity index (χ1) is 10.1. The Morgan fingerprint density at radius 2 is 1.81 bits per heavy atom. The van der Waals surface area contributed by atoms with Crippen LogP contribution >= 0.6 is 0 Å². The summed E-state index contributed by atoms with van der Waals surface area (Å²) in [6, 6.07) is 10.9. The third-order valence-electron chi connectivity index (χ3n) is 6.23. The molecule has 3 heteroatoms. The predicted octanol–water partition coefficient (Wildman–Crippen LogP) is 3.42. The number of hydrogen-bond donors (Lipinski definition) is 2. The Morgan fingerprint density at radius 1 is 1.14 bits per heavy atom.